The van der Waals surface area contributed by atoms with Crippen molar-refractivity contribution in [2.45, 2.75) is 25.4 Å². The van der Waals surface area contributed by atoms with Crippen molar-refractivity contribution in [2.24, 2.45) is 5.73 Å². The third-order valence-electron chi connectivity index (χ3n) is 3.71. The van der Waals surface area contributed by atoms with Gasteiger partial charge < -0.3 is 15.8 Å². The second kappa shape index (κ2) is 9.50. The van der Waals surface area contributed by atoms with E-state index in [1.807, 2.05) is 6.07 Å². The molecule has 1 unspecified atom stereocenters. The van der Waals surface area contributed by atoms with Crippen molar-refractivity contribution in [3.05, 3.63) is 59.9 Å². The van der Waals surface area contributed by atoms with Gasteiger partial charge in [0.2, 0.25) is 0 Å². The highest BCUT2D eigenvalue weighted by Crippen LogP contribution is 2.13. The Balaban J connectivity index is 1.95. The van der Waals surface area contributed by atoms with Crippen LogP contribution in [0.4, 0.5) is 0 Å². The lowest BCUT2D eigenvalue weighted by Crippen LogP contribution is -2.61. The lowest BCUT2D eigenvalue weighted by Gasteiger charge is -2.29. The molecule has 1 aromatic heterocycles. The molecule has 8 nitrogen and oxygen atoms in total. The smallest absolute Gasteiger partial charge is 0.267 e. The number of benzene rings is 1. The highest BCUT2D eigenvalue weighted by Gasteiger charge is 2.33. The van der Waals surface area contributed by atoms with Crippen LogP contribution in [0.5, 0.6) is 5.75 Å². The first-order valence-corrected chi connectivity index (χ1v) is 8.46. The number of nitrogens with two attached hydrogens (primary N) is 1. The maximum Gasteiger partial charge on any atom is 0.267 e. The number of carbonyl (C=O) groups excluding carboxylic acids is 2. The molecule has 1 atom stereocenters. The highest BCUT2D eigenvalue weighted by atomic mass is 16.5. The molecule has 1 aromatic carbocycles. The van der Waals surface area contributed by atoms with Crippen molar-refractivity contribution in [3.8, 4) is 17.6 Å². The van der Waals surface area contributed by atoms with Crippen molar-refractivity contribution in [2.75, 3.05) is 6.61 Å². The second-order valence-corrected chi connectivity index (χ2v) is 6.56. The van der Waals surface area contributed by atoms with E-state index in [0.717, 1.165) is 5.56 Å². The molecule has 0 spiro atoms. The summed E-state index contributed by atoms with van der Waals surface area (Å²) < 4.78 is 5.51. The fraction of sp³-hybridized carbons (Fsp3) is 0.250. The number of rotatable bonds is 6. The number of ether oxygens (including phenoxy) is 1. The summed E-state index contributed by atoms with van der Waals surface area (Å²) in [6, 6.07) is 8.89. The number of pyridine rings is 1. The molecule has 0 aliphatic heterocycles. The first-order valence-electron chi connectivity index (χ1n) is 8.46. The van der Waals surface area contributed by atoms with E-state index < -0.39 is 23.4 Å². The Labute approximate surface area is 163 Å². The van der Waals surface area contributed by atoms with Crippen LogP contribution >= 0.6 is 0 Å². The van der Waals surface area contributed by atoms with Crippen LogP contribution in [0.3, 0.4) is 0 Å². The number of nitrogens with one attached hydrogen (secondary N) is 2. The molecule has 0 bridgehead atoms. The molecule has 5 N–H and O–H groups in total. The van der Waals surface area contributed by atoms with E-state index in [2.05, 4.69) is 22.1 Å². The summed E-state index contributed by atoms with van der Waals surface area (Å²) in [4.78, 5) is 28.1. The lowest BCUT2D eigenvalue weighted by atomic mass is 9.95. The van der Waals surface area contributed by atoms with Gasteiger partial charge in [-0.25, -0.2) is 5.48 Å². The Morgan fingerprint density at radius 3 is 2.57 bits per heavy atom. The van der Waals surface area contributed by atoms with Gasteiger partial charge in [-0.05, 0) is 50.2 Å². The molecule has 1 heterocycles. The van der Waals surface area contributed by atoms with Crippen LogP contribution < -0.4 is 21.3 Å². The first-order chi connectivity index (χ1) is 13.3. The topological polar surface area (TPSA) is 127 Å². The average Bonchev–Trinajstić information content (AvgIpc) is 2.69. The van der Waals surface area contributed by atoms with Crippen LogP contribution in [0.1, 0.15) is 29.8 Å². The Hall–Kier alpha value is -3.41. The van der Waals surface area contributed by atoms with Gasteiger partial charge in [-0.1, -0.05) is 11.8 Å². The van der Waals surface area contributed by atoms with Gasteiger partial charge in [-0.15, -0.1) is 0 Å². The maximum absolute atomic E-state index is 12.4. The summed E-state index contributed by atoms with van der Waals surface area (Å²) in [6.45, 7) is 3.31. The van der Waals surface area contributed by atoms with Gasteiger partial charge >= 0.3 is 0 Å². The summed E-state index contributed by atoms with van der Waals surface area (Å²) in [7, 11) is 0. The molecule has 0 aliphatic rings. The predicted molar refractivity (Wildman–Crippen MR) is 103 cm³/mol. The fourth-order valence-corrected chi connectivity index (χ4v) is 2.27. The van der Waals surface area contributed by atoms with Gasteiger partial charge in [0, 0.05) is 29.1 Å². The first kappa shape index (κ1) is 20.9. The zero-order chi connectivity index (χ0) is 20.6. The number of aromatic nitrogens is 1. The summed E-state index contributed by atoms with van der Waals surface area (Å²) in [5, 5.41) is 11.3. The number of hydrogen-bond acceptors (Lipinski definition) is 6. The molecule has 0 aliphatic carbocycles. The van der Waals surface area contributed by atoms with Crippen LogP contribution in [-0.4, -0.2) is 40.2 Å². The molecule has 0 saturated carbocycles. The molecule has 0 saturated heterocycles. The van der Waals surface area contributed by atoms with Crippen LogP contribution in [-0.2, 0) is 4.79 Å². The van der Waals surface area contributed by atoms with Crippen LogP contribution in [0.15, 0.2) is 48.8 Å². The minimum atomic E-state index is -1.11. The van der Waals surface area contributed by atoms with Crippen molar-refractivity contribution >= 4 is 11.8 Å². The molecule has 146 valence electrons. The van der Waals surface area contributed by atoms with Crippen LogP contribution in [0.25, 0.3) is 0 Å². The molecule has 2 amide bonds. The zero-order valence-electron chi connectivity index (χ0n) is 15.6. The SMILES string of the molecule is CC(C)(N)C(NC(=O)c1ccc(OCC#Cc2cccnc2)cc1)C(=O)NO. The lowest BCUT2D eigenvalue weighted by molar-refractivity contribution is -0.132. The van der Waals surface area contributed by atoms with E-state index >= 15 is 0 Å². The van der Waals surface area contributed by atoms with Crippen molar-refractivity contribution in [1.82, 2.24) is 15.8 Å². The van der Waals surface area contributed by atoms with E-state index in [9.17, 15) is 9.59 Å². The summed E-state index contributed by atoms with van der Waals surface area (Å²) in [5.41, 5.74) is 7.44. The molecule has 8 heteroatoms. The minimum absolute atomic E-state index is 0.181. The average molecular weight is 382 g/mol. The number of hydroxylamine groups is 1. The van der Waals surface area contributed by atoms with Crippen LogP contribution in [0.2, 0.25) is 0 Å². The normalized spacial score (nSPS) is 11.6. The van der Waals surface area contributed by atoms with Gasteiger partial charge in [0.15, 0.2) is 0 Å². The third kappa shape index (κ3) is 6.09. The van der Waals surface area contributed by atoms with Crippen LogP contribution in [0, 0.1) is 11.8 Å². The van der Waals surface area contributed by atoms with Gasteiger partial charge in [0.1, 0.15) is 18.4 Å². The van der Waals surface area contributed by atoms with Crippen molar-refractivity contribution < 1.29 is 19.5 Å². The Bertz CT molecular complexity index is 865. The van der Waals surface area contributed by atoms with E-state index in [-0.39, 0.29) is 6.61 Å². The van der Waals surface area contributed by atoms with Gasteiger partial charge in [0.25, 0.3) is 11.8 Å². The van der Waals surface area contributed by atoms with Crippen molar-refractivity contribution in [1.29, 1.82) is 0 Å². The molecular formula is C20H22N4O4. The zero-order valence-corrected chi connectivity index (χ0v) is 15.6. The van der Waals surface area contributed by atoms with E-state index in [4.69, 9.17) is 15.7 Å². The van der Waals surface area contributed by atoms with Crippen molar-refractivity contribution in [3.63, 3.8) is 0 Å². The summed E-state index contributed by atoms with van der Waals surface area (Å²) in [6.07, 6.45) is 3.33. The Kier molecular flexibility index (Phi) is 7.09. The Morgan fingerprint density at radius 2 is 2.00 bits per heavy atom. The molecule has 0 radical (unpaired) electrons. The predicted octanol–water partition coefficient (Wildman–Crippen LogP) is 0.853. The van der Waals surface area contributed by atoms with E-state index in [1.54, 1.807) is 56.6 Å². The van der Waals surface area contributed by atoms with E-state index in [0.29, 0.717) is 11.3 Å². The number of carbonyl (C=O) groups is 2. The molecule has 28 heavy (non-hydrogen) atoms. The van der Waals surface area contributed by atoms with Gasteiger partial charge in [0.05, 0.1) is 0 Å². The molecular weight excluding hydrogens is 360 g/mol. The standard InChI is InChI=1S/C20H22N4O4/c1-20(2,21)17(19(26)24-27)23-18(25)15-7-9-16(10-8-15)28-12-4-6-14-5-3-11-22-13-14/h3,5,7-11,13,17,27H,12,21H2,1-2H3,(H,23,25)(H,24,26). The van der Waals surface area contributed by atoms with Gasteiger partial charge in [-0.3, -0.25) is 19.8 Å². The minimum Gasteiger partial charge on any atom is -0.481 e. The number of nitrogens with zero attached hydrogens (tertiary/aromatic N) is 1. The molecule has 2 aromatic rings. The van der Waals surface area contributed by atoms with Gasteiger partial charge in [-0.2, -0.15) is 0 Å². The van der Waals surface area contributed by atoms with E-state index in [1.165, 1.54) is 5.48 Å². The summed E-state index contributed by atoms with van der Waals surface area (Å²) in [5.74, 6) is 5.04. The maximum atomic E-state index is 12.4. The monoisotopic (exact) mass is 382 g/mol. The highest BCUT2D eigenvalue weighted by molar-refractivity contribution is 5.97. The quantitative estimate of drug-likeness (QED) is 0.333. The fourth-order valence-electron chi connectivity index (χ4n) is 2.27. The Morgan fingerprint density at radius 1 is 1.29 bits per heavy atom. The number of amides is 2. The third-order valence-corrected chi connectivity index (χ3v) is 3.71. The largest absolute Gasteiger partial charge is 0.481 e. The number of hydrogen-bond donors (Lipinski definition) is 4. The molecule has 0 fully saturated rings. The molecule has 2 rings (SSSR count). The summed E-state index contributed by atoms with van der Waals surface area (Å²) >= 11 is 0. The second-order valence-electron chi connectivity index (χ2n) is 6.56.